The summed E-state index contributed by atoms with van der Waals surface area (Å²) in [7, 11) is 0. The van der Waals surface area contributed by atoms with Crippen LogP contribution in [0.2, 0.25) is 0 Å². The first-order chi connectivity index (χ1) is 22.5. The minimum Gasteiger partial charge on any atom is -0.384 e. The third kappa shape index (κ3) is 8.90. The van der Waals surface area contributed by atoms with Crippen molar-refractivity contribution in [3.8, 4) is 11.1 Å². The quantitative estimate of drug-likeness (QED) is 0.134. The van der Waals surface area contributed by atoms with E-state index < -0.39 is 0 Å². The van der Waals surface area contributed by atoms with Crippen molar-refractivity contribution in [1.82, 2.24) is 5.32 Å². The molecule has 0 amide bonds. The lowest BCUT2D eigenvalue weighted by atomic mass is 9.72. The van der Waals surface area contributed by atoms with Crippen LogP contribution in [0.25, 0.3) is 22.4 Å². The van der Waals surface area contributed by atoms with Gasteiger partial charge in [-0.15, -0.1) is 0 Å². The van der Waals surface area contributed by atoms with E-state index in [0.29, 0.717) is 5.41 Å². The van der Waals surface area contributed by atoms with Gasteiger partial charge < -0.3 is 10.6 Å². The minimum absolute atomic E-state index is 0.102. The zero-order valence-corrected chi connectivity index (χ0v) is 29.9. The summed E-state index contributed by atoms with van der Waals surface area (Å²) in [5.74, 6) is 1.63. The summed E-state index contributed by atoms with van der Waals surface area (Å²) in [4.78, 5) is 0. The number of allylic oxidation sites excluding steroid dienone is 3. The van der Waals surface area contributed by atoms with E-state index in [2.05, 4.69) is 168 Å². The summed E-state index contributed by atoms with van der Waals surface area (Å²) in [5.41, 5.74) is 14.9. The Morgan fingerprint density at radius 1 is 0.872 bits per heavy atom. The van der Waals surface area contributed by atoms with Crippen LogP contribution in [0, 0.1) is 25.2 Å². The fourth-order valence-corrected chi connectivity index (χ4v) is 6.90. The maximum atomic E-state index is 4.60. The van der Waals surface area contributed by atoms with Crippen LogP contribution in [0.15, 0.2) is 116 Å². The Kier molecular flexibility index (Phi) is 11.2. The predicted octanol–water partition coefficient (Wildman–Crippen LogP) is 11.6. The average molecular weight is 641 g/mol. The van der Waals surface area contributed by atoms with Crippen molar-refractivity contribution in [2.75, 3.05) is 17.6 Å². The van der Waals surface area contributed by atoms with Crippen molar-refractivity contribution in [2.45, 2.75) is 66.2 Å². The molecule has 0 heterocycles. The maximum absolute atomic E-state index is 4.60. The Labute approximate surface area is 289 Å². The molecule has 1 aliphatic rings. The topological polar surface area (TPSA) is 24.1 Å². The van der Waals surface area contributed by atoms with Gasteiger partial charge in [-0.25, -0.2) is 0 Å². The molecule has 0 radical (unpaired) electrons. The first-order valence-corrected chi connectivity index (χ1v) is 17.7. The van der Waals surface area contributed by atoms with Gasteiger partial charge in [0.05, 0.1) is 0 Å². The molecule has 2 N–H and O–H groups in total. The molecule has 0 aromatic heterocycles. The summed E-state index contributed by atoms with van der Waals surface area (Å²) in [6.07, 6.45) is 6.90. The number of hydrogen-bond donors (Lipinski definition) is 3. The molecule has 4 aromatic rings. The molecule has 4 aromatic carbocycles. The molecule has 0 aliphatic heterocycles. The standard InChI is InChI=1S/C44H52N2S/c1-30-8-25-42(31(2)28-30)38-19-23-41(24-20-38)46-33(4)43(29-34-9-11-35(12-10-34)32(3)45-26-27-47)39-15-13-36(14-16-39)37-17-21-40(22-18-37)44(5,6)7/h8-17,19-20,23-25,28,40,43,45-47H,3-4,18,21-22,26-27,29H2,1-2,5-7H3. The molecule has 0 bridgehead atoms. The molecule has 0 spiro atoms. The van der Waals surface area contributed by atoms with Crippen molar-refractivity contribution in [1.29, 1.82) is 0 Å². The van der Waals surface area contributed by atoms with Gasteiger partial charge in [0.1, 0.15) is 0 Å². The van der Waals surface area contributed by atoms with Gasteiger partial charge in [0, 0.05) is 35.3 Å². The van der Waals surface area contributed by atoms with Crippen LogP contribution in [0.1, 0.15) is 79.3 Å². The van der Waals surface area contributed by atoms with Crippen molar-refractivity contribution < 1.29 is 0 Å². The fraction of sp³-hybridized carbons (Fsp3) is 0.318. The molecule has 47 heavy (non-hydrogen) atoms. The van der Waals surface area contributed by atoms with Crippen LogP contribution in [0.5, 0.6) is 0 Å². The highest BCUT2D eigenvalue weighted by molar-refractivity contribution is 7.80. The molecule has 5 rings (SSSR count). The zero-order chi connectivity index (χ0) is 33.6. The maximum Gasteiger partial charge on any atom is 0.0382 e. The molecule has 1 aliphatic carbocycles. The third-order valence-corrected chi connectivity index (χ3v) is 10.0. The number of nitrogens with one attached hydrogen (secondary N) is 2. The minimum atomic E-state index is 0.102. The largest absolute Gasteiger partial charge is 0.384 e. The van der Waals surface area contributed by atoms with Crippen LogP contribution >= 0.6 is 12.6 Å². The monoisotopic (exact) mass is 640 g/mol. The summed E-state index contributed by atoms with van der Waals surface area (Å²) in [5, 5.41) is 7.02. The SMILES string of the molecule is C=C(NCCS)c1ccc(CC(C(=C)Nc2ccc(-c3ccc(C)cc3C)cc2)c2ccc(C3=CCC(C(C)(C)C)CC3)cc2)cc1. The van der Waals surface area contributed by atoms with E-state index in [-0.39, 0.29) is 5.92 Å². The normalized spacial score (nSPS) is 15.4. The van der Waals surface area contributed by atoms with Crippen molar-refractivity contribution in [3.05, 3.63) is 149 Å². The van der Waals surface area contributed by atoms with Gasteiger partial charge in [0.15, 0.2) is 0 Å². The van der Waals surface area contributed by atoms with Gasteiger partial charge >= 0.3 is 0 Å². The molecule has 244 valence electrons. The number of anilines is 1. The zero-order valence-electron chi connectivity index (χ0n) is 29.0. The molecule has 0 saturated heterocycles. The molecular weight excluding hydrogens is 589 g/mol. The van der Waals surface area contributed by atoms with E-state index in [4.69, 9.17) is 0 Å². The van der Waals surface area contributed by atoms with Crippen molar-refractivity contribution in [2.24, 2.45) is 11.3 Å². The van der Waals surface area contributed by atoms with Crippen molar-refractivity contribution >= 4 is 29.6 Å². The first-order valence-electron chi connectivity index (χ1n) is 17.1. The average Bonchev–Trinajstić information content (AvgIpc) is 3.06. The third-order valence-electron chi connectivity index (χ3n) is 9.82. The molecule has 2 nitrogen and oxygen atoms in total. The van der Waals surface area contributed by atoms with Crippen LogP contribution in [0.4, 0.5) is 5.69 Å². The number of hydrogen-bond acceptors (Lipinski definition) is 3. The summed E-state index contributed by atoms with van der Waals surface area (Å²) < 4.78 is 0. The van der Waals surface area contributed by atoms with Crippen molar-refractivity contribution in [3.63, 3.8) is 0 Å². The van der Waals surface area contributed by atoms with Gasteiger partial charge in [-0.05, 0) is 108 Å². The second-order valence-corrected chi connectivity index (χ2v) is 14.8. The van der Waals surface area contributed by atoms with E-state index in [0.717, 1.165) is 53.7 Å². The van der Waals surface area contributed by atoms with Crippen LogP contribution in [-0.4, -0.2) is 12.3 Å². The smallest absolute Gasteiger partial charge is 0.0382 e. The predicted molar refractivity (Wildman–Crippen MR) is 209 cm³/mol. The van der Waals surface area contributed by atoms with E-state index in [1.54, 1.807) is 0 Å². The first kappa shape index (κ1) is 34.4. The lowest BCUT2D eigenvalue weighted by Crippen LogP contribution is -2.21. The highest BCUT2D eigenvalue weighted by Crippen LogP contribution is 2.40. The van der Waals surface area contributed by atoms with Gasteiger partial charge in [0.2, 0.25) is 0 Å². The lowest BCUT2D eigenvalue weighted by Gasteiger charge is -2.33. The Morgan fingerprint density at radius 3 is 2.15 bits per heavy atom. The Bertz CT molecular complexity index is 1700. The second kappa shape index (κ2) is 15.3. The van der Waals surface area contributed by atoms with Crippen LogP contribution < -0.4 is 10.6 Å². The molecule has 0 fully saturated rings. The van der Waals surface area contributed by atoms with Gasteiger partial charge in [0.25, 0.3) is 0 Å². The summed E-state index contributed by atoms with van der Waals surface area (Å²) in [6, 6.07) is 33.4. The number of rotatable bonds is 12. The highest BCUT2D eigenvalue weighted by atomic mass is 32.1. The summed E-state index contributed by atoms with van der Waals surface area (Å²) in [6.45, 7) is 21.0. The highest BCUT2D eigenvalue weighted by Gasteiger charge is 2.26. The fourth-order valence-electron chi connectivity index (χ4n) is 6.78. The Hall–Kier alpha value is -3.95. The molecule has 0 saturated carbocycles. The number of thiol groups is 1. The van der Waals surface area contributed by atoms with Gasteiger partial charge in [-0.2, -0.15) is 12.6 Å². The van der Waals surface area contributed by atoms with E-state index in [1.807, 2.05) is 0 Å². The Morgan fingerprint density at radius 2 is 1.55 bits per heavy atom. The van der Waals surface area contributed by atoms with E-state index >= 15 is 0 Å². The second-order valence-electron chi connectivity index (χ2n) is 14.3. The van der Waals surface area contributed by atoms with Gasteiger partial charge in [-0.1, -0.05) is 124 Å². The Balaban J connectivity index is 1.36. The molecule has 2 atom stereocenters. The van der Waals surface area contributed by atoms with E-state index in [1.165, 1.54) is 57.4 Å². The summed E-state index contributed by atoms with van der Waals surface area (Å²) >= 11 is 4.31. The molecular formula is C44H52N2S. The van der Waals surface area contributed by atoms with E-state index in [9.17, 15) is 0 Å². The van der Waals surface area contributed by atoms with Crippen LogP contribution in [0.3, 0.4) is 0 Å². The lowest BCUT2D eigenvalue weighted by molar-refractivity contribution is 0.225. The molecule has 2 unspecified atom stereocenters. The number of aryl methyl sites for hydroxylation is 2. The number of benzene rings is 4. The molecule has 3 heteroatoms. The van der Waals surface area contributed by atoms with Crippen LogP contribution in [-0.2, 0) is 6.42 Å². The van der Waals surface area contributed by atoms with Gasteiger partial charge in [-0.3, -0.25) is 0 Å².